The molecule has 26 heavy (non-hydrogen) atoms. The summed E-state index contributed by atoms with van der Waals surface area (Å²) in [6.07, 6.45) is 2.36. The van der Waals surface area contributed by atoms with Gasteiger partial charge in [0.15, 0.2) is 0 Å². The molecule has 1 aromatic carbocycles. The van der Waals surface area contributed by atoms with Gasteiger partial charge in [-0.1, -0.05) is 18.2 Å². The molecule has 2 fully saturated rings. The van der Waals surface area contributed by atoms with E-state index in [-0.39, 0.29) is 24.0 Å². The quantitative estimate of drug-likeness (QED) is 0.873. The zero-order chi connectivity index (χ0) is 18.7. The van der Waals surface area contributed by atoms with Crippen molar-refractivity contribution in [2.45, 2.75) is 45.2 Å². The van der Waals surface area contributed by atoms with Crippen LogP contribution in [-0.2, 0) is 4.79 Å². The van der Waals surface area contributed by atoms with E-state index in [1.807, 2.05) is 49.1 Å². The van der Waals surface area contributed by atoms with Crippen LogP contribution in [0.15, 0.2) is 30.3 Å². The average molecular weight is 358 g/mol. The number of para-hydroxylation sites is 1. The fraction of sp³-hybridized carbons (Fsp3) is 0.600. The lowest BCUT2D eigenvalue weighted by Gasteiger charge is -2.34. The molecule has 0 spiro atoms. The summed E-state index contributed by atoms with van der Waals surface area (Å²) in [4.78, 5) is 29.8. The third-order valence-electron chi connectivity index (χ3n) is 5.76. The van der Waals surface area contributed by atoms with Crippen molar-refractivity contribution in [3.63, 3.8) is 0 Å². The summed E-state index contributed by atoms with van der Waals surface area (Å²) in [5.74, 6) is 0.0872. The SMILES string of the molecule is CC(C)NC(=O)N1CC[C@H]2N(C)CC[C@@]2(C(=O)Nc2ccccc2)CC1. The van der Waals surface area contributed by atoms with Gasteiger partial charge in [0.05, 0.1) is 5.41 Å². The highest BCUT2D eigenvalue weighted by molar-refractivity contribution is 5.96. The number of hydrogen-bond acceptors (Lipinski definition) is 3. The molecule has 0 bridgehead atoms. The summed E-state index contributed by atoms with van der Waals surface area (Å²) in [7, 11) is 2.09. The van der Waals surface area contributed by atoms with E-state index >= 15 is 0 Å². The first-order valence-corrected chi connectivity index (χ1v) is 9.54. The summed E-state index contributed by atoms with van der Waals surface area (Å²) in [5.41, 5.74) is 0.399. The normalized spacial score (nSPS) is 26.3. The van der Waals surface area contributed by atoms with Crippen LogP contribution in [-0.4, -0.2) is 60.5 Å². The smallest absolute Gasteiger partial charge is 0.317 e. The van der Waals surface area contributed by atoms with Crippen LogP contribution in [0.25, 0.3) is 0 Å². The number of nitrogens with zero attached hydrogens (tertiary/aromatic N) is 2. The van der Waals surface area contributed by atoms with Crippen molar-refractivity contribution in [1.29, 1.82) is 0 Å². The van der Waals surface area contributed by atoms with Gasteiger partial charge in [0.2, 0.25) is 5.91 Å². The van der Waals surface area contributed by atoms with Crippen molar-refractivity contribution in [3.05, 3.63) is 30.3 Å². The topological polar surface area (TPSA) is 64.7 Å². The van der Waals surface area contributed by atoms with Crippen molar-refractivity contribution in [1.82, 2.24) is 15.1 Å². The molecule has 2 heterocycles. The molecule has 0 saturated carbocycles. The predicted molar refractivity (Wildman–Crippen MR) is 103 cm³/mol. The molecule has 3 rings (SSSR count). The first-order valence-electron chi connectivity index (χ1n) is 9.54. The van der Waals surface area contributed by atoms with Crippen molar-refractivity contribution in [2.24, 2.45) is 5.41 Å². The number of carbonyl (C=O) groups excluding carboxylic acids is 2. The molecule has 0 aromatic heterocycles. The first kappa shape index (κ1) is 18.7. The van der Waals surface area contributed by atoms with Crippen molar-refractivity contribution >= 4 is 17.6 Å². The van der Waals surface area contributed by atoms with Crippen LogP contribution >= 0.6 is 0 Å². The molecule has 2 saturated heterocycles. The Labute approximate surface area is 155 Å². The van der Waals surface area contributed by atoms with Crippen molar-refractivity contribution in [2.75, 3.05) is 32.0 Å². The number of fused-ring (bicyclic) bond motifs is 1. The lowest BCUT2D eigenvalue weighted by atomic mass is 9.75. The van der Waals surface area contributed by atoms with E-state index in [1.165, 1.54) is 0 Å². The molecular formula is C20H30N4O2. The molecule has 142 valence electrons. The number of carbonyl (C=O) groups is 2. The van der Waals surface area contributed by atoms with Crippen LogP contribution in [0.3, 0.4) is 0 Å². The zero-order valence-corrected chi connectivity index (χ0v) is 16.0. The predicted octanol–water partition coefficient (Wildman–Crippen LogP) is 2.53. The van der Waals surface area contributed by atoms with Gasteiger partial charge >= 0.3 is 6.03 Å². The van der Waals surface area contributed by atoms with Gasteiger partial charge in [-0.3, -0.25) is 4.79 Å². The Morgan fingerprint density at radius 3 is 2.50 bits per heavy atom. The van der Waals surface area contributed by atoms with Crippen molar-refractivity contribution < 1.29 is 9.59 Å². The standard InChI is InChI=1S/C20H30N4O2/c1-15(2)21-19(26)24-12-9-17-20(11-14-24,10-13-23(17)3)18(25)22-16-7-5-4-6-8-16/h4-8,15,17H,9-14H2,1-3H3,(H,21,26)(H,22,25)/t17-,20-/m1/s1. The molecule has 6 heteroatoms. The van der Waals surface area contributed by atoms with Gasteiger partial charge in [0.25, 0.3) is 0 Å². The highest BCUT2D eigenvalue weighted by atomic mass is 16.2. The summed E-state index contributed by atoms with van der Waals surface area (Å²) < 4.78 is 0. The number of amides is 3. The maximum atomic E-state index is 13.3. The zero-order valence-electron chi connectivity index (χ0n) is 16.0. The van der Waals surface area contributed by atoms with E-state index in [1.54, 1.807) is 0 Å². The molecule has 1 aromatic rings. The lowest BCUT2D eigenvalue weighted by molar-refractivity contribution is -0.127. The minimum Gasteiger partial charge on any atom is -0.336 e. The van der Waals surface area contributed by atoms with Gasteiger partial charge in [-0.15, -0.1) is 0 Å². The Kier molecular flexibility index (Phi) is 5.51. The van der Waals surface area contributed by atoms with Gasteiger partial charge in [0.1, 0.15) is 0 Å². The molecule has 0 radical (unpaired) electrons. The lowest BCUT2D eigenvalue weighted by Crippen LogP contribution is -2.46. The summed E-state index contributed by atoms with van der Waals surface area (Å²) in [5, 5.41) is 6.09. The van der Waals surface area contributed by atoms with Gasteiger partial charge < -0.3 is 20.4 Å². The molecule has 0 aliphatic carbocycles. The fourth-order valence-electron chi connectivity index (χ4n) is 4.33. The van der Waals surface area contributed by atoms with Crippen LogP contribution in [0.5, 0.6) is 0 Å². The second-order valence-corrected chi connectivity index (χ2v) is 7.85. The highest BCUT2D eigenvalue weighted by Gasteiger charge is 2.52. The van der Waals surface area contributed by atoms with E-state index in [0.717, 1.165) is 25.1 Å². The number of rotatable bonds is 3. The molecule has 2 aliphatic rings. The third-order valence-corrected chi connectivity index (χ3v) is 5.76. The second-order valence-electron chi connectivity index (χ2n) is 7.85. The average Bonchev–Trinajstić information content (AvgIpc) is 2.80. The van der Waals surface area contributed by atoms with Crippen LogP contribution in [0.1, 0.15) is 33.1 Å². The monoisotopic (exact) mass is 358 g/mol. The Hall–Kier alpha value is -2.08. The minimum absolute atomic E-state index is 0.0266. The molecule has 2 atom stereocenters. The van der Waals surface area contributed by atoms with Crippen LogP contribution < -0.4 is 10.6 Å². The van der Waals surface area contributed by atoms with Gasteiger partial charge in [-0.2, -0.15) is 0 Å². The second kappa shape index (κ2) is 7.66. The maximum absolute atomic E-state index is 13.3. The molecule has 0 unspecified atom stereocenters. The molecular weight excluding hydrogens is 328 g/mol. The van der Waals surface area contributed by atoms with Gasteiger partial charge in [-0.05, 0) is 58.8 Å². The largest absolute Gasteiger partial charge is 0.336 e. The summed E-state index contributed by atoms with van der Waals surface area (Å²) in [6, 6.07) is 9.89. The molecule has 3 amide bonds. The van der Waals surface area contributed by atoms with Crippen LogP contribution in [0.4, 0.5) is 10.5 Å². The van der Waals surface area contributed by atoms with Crippen LogP contribution in [0.2, 0.25) is 0 Å². The molecule has 2 aliphatic heterocycles. The molecule has 6 nitrogen and oxygen atoms in total. The Morgan fingerprint density at radius 2 is 1.81 bits per heavy atom. The number of hydrogen-bond donors (Lipinski definition) is 2. The summed E-state index contributed by atoms with van der Waals surface area (Å²) in [6.45, 7) is 6.16. The van der Waals surface area contributed by atoms with E-state index in [4.69, 9.17) is 0 Å². The third kappa shape index (κ3) is 3.70. The number of benzene rings is 1. The number of anilines is 1. The van der Waals surface area contributed by atoms with E-state index in [0.29, 0.717) is 19.5 Å². The van der Waals surface area contributed by atoms with Gasteiger partial charge in [-0.25, -0.2) is 4.79 Å². The Balaban J connectivity index is 1.77. The fourth-order valence-corrected chi connectivity index (χ4v) is 4.33. The van der Waals surface area contributed by atoms with Crippen molar-refractivity contribution in [3.8, 4) is 0 Å². The number of nitrogens with one attached hydrogen (secondary N) is 2. The van der Waals surface area contributed by atoms with Gasteiger partial charge in [0, 0.05) is 30.9 Å². The number of likely N-dealkylation sites (tertiary alicyclic amines) is 2. The van der Waals surface area contributed by atoms with E-state index in [9.17, 15) is 9.59 Å². The van der Waals surface area contributed by atoms with E-state index < -0.39 is 5.41 Å². The first-order chi connectivity index (χ1) is 12.4. The molecule has 2 N–H and O–H groups in total. The highest BCUT2D eigenvalue weighted by Crippen LogP contribution is 2.43. The van der Waals surface area contributed by atoms with E-state index in [2.05, 4.69) is 22.6 Å². The van der Waals surface area contributed by atoms with Crippen LogP contribution in [0, 0.1) is 5.41 Å². The summed E-state index contributed by atoms with van der Waals surface area (Å²) >= 11 is 0. The Morgan fingerprint density at radius 1 is 1.12 bits per heavy atom. The number of urea groups is 1. The minimum atomic E-state index is -0.433. The Bertz CT molecular complexity index is 648. The maximum Gasteiger partial charge on any atom is 0.317 e.